The molecule has 8 nitrogen and oxygen atoms in total. The fraction of sp³-hybridized carbons (Fsp3) is 0.400. The van der Waals surface area contributed by atoms with E-state index in [9.17, 15) is 9.59 Å². The van der Waals surface area contributed by atoms with Crippen molar-refractivity contribution in [2.24, 2.45) is 5.73 Å². The van der Waals surface area contributed by atoms with Crippen LogP contribution >= 0.6 is 0 Å². The number of hydrogen-bond donors (Lipinski definition) is 4. The van der Waals surface area contributed by atoms with Crippen LogP contribution in [-0.2, 0) is 6.54 Å². The van der Waals surface area contributed by atoms with Crippen molar-refractivity contribution in [1.29, 1.82) is 5.41 Å². The zero-order valence-electron chi connectivity index (χ0n) is 13.1. The first-order valence-corrected chi connectivity index (χ1v) is 7.40. The quantitative estimate of drug-likeness (QED) is 0.455. The van der Waals surface area contributed by atoms with Crippen molar-refractivity contribution in [3.8, 4) is 0 Å². The van der Waals surface area contributed by atoms with Gasteiger partial charge >= 0.3 is 6.03 Å². The fourth-order valence-corrected chi connectivity index (χ4v) is 2.37. The molecule has 0 unspecified atom stereocenters. The number of nitrogens with one attached hydrogen (secondary N) is 3. The number of benzene rings is 1. The predicted molar refractivity (Wildman–Crippen MR) is 87.1 cm³/mol. The van der Waals surface area contributed by atoms with Gasteiger partial charge in [0.25, 0.3) is 5.91 Å². The number of carbonyl (C=O) groups excluding carboxylic acids is 2. The van der Waals surface area contributed by atoms with Gasteiger partial charge in [0, 0.05) is 38.3 Å². The molecular weight excluding hydrogens is 296 g/mol. The highest BCUT2D eigenvalue weighted by atomic mass is 16.2. The van der Waals surface area contributed by atoms with Crippen LogP contribution in [0.4, 0.5) is 4.79 Å². The van der Waals surface area contributed by atoms with Crippen molar-refractivity contribution in [2.45, 2.75) is 6.54 Å². The molecule has 1 heterocycles. The topological polar surface area (TPSA) is 115 Å². The first-order chi connectivity index (χ1) is 10.9. The van der Waals surface area contributed by atoms with E-state index in [1.54, 1.807) is 12.1 Å². The molecule has 5 N–H and O–H groups in total. The summed E-state index contributed by atoms with van der Waals surface area (Å²) in [7, 11) is 2.12. The molecule has 1 fully saturated rings. The second-order valence-electron chi connectivity index (χ2n) is 5.59. The Bertz CT molecular complexity index is 578. The van der Waals surface area contributed by atoms with Crippen LogP contribution in [-0.4, -0.2) is 60.9 Å². The van der Waals surface area contributed by atoms with Crippen LogP contribution in [0, 0.1) is 5.41 Å². The lowest BCUT2D eigenvalue weighted by atomic mass is 10.1. The molecule has 0 aromatic heterocycles. The third-order valence-corrected chi connectivity index (χ3v) is 3.70. The van der Waals surface area contributed by atoms with Crippen molar-refractivity contribution >= 4 is 17.9 Å². The van der Waals surface area contributed by atoms with Gasteiger partial charge in [-0.05, 0) is 24.7 Å². The third kappa shape index (κ3) is 5.35. The van der Waals surface area contributed by atoms with Gasteiger partial charge in [0.15, 0.2) is 0 Å². The predicted octanol–water partition coefficient (Wildman–Crippen LogP) is -0.233. The summed E-state index contributed by atoms with van der Waals surface area (Å²) in [4.78, 5) is 27.2. The third-order valence-electron chi connectivity index (χ3n) is 3.70. The minimum Gasteiger partial charge on any atom is -0.351 e. The molecule has 0 bridgehead atoms. The number of piperazine rings is 1. The van der Waals surface area contributed by atoms with Crippen LogP contribution in [0.25, 0.3) is 0 Å². The average Bonchev–Trinajstić information content (AvgIpc) is 2.49. The molecule has 124 valence electrons. The van der Waals surface area contributed by atoms with Gasteiger partial charge in [-0.15, -0.1) is 0 Å². The van der Waals surface area contributed by atoms with Crippen molar-refractivity contribution < 1.29 is 9.59 Å². The molecule has 0 aliphatic carbocycles. The number of likely N-dealkylation sites (N-methyl/N-ethyl adjacent to an activating group) is 1. The van der Waals surface area contributed by atoms with Gasteiger partial charge < -0.3 is 10.6 Å². The summed E-state index contributed by atoms with van der Waals surface area (Å²) in [5.74, 6) is -0.904. The van der Waals surface area contributed by atoms with Gasteiger partial charge in [-0.1, -0.05) is 12.1 Å². The molecule has 1 saturated heterocycles. The molecule has 3 amide bonds. The Morgan fingerprint density at radius 3 is 2.30 bits per heavy atom. The van der Waals surface area contributed by atoms with Crippen LogP contribution in [0.15, 0.2) is 24.3 Å². The highest BCUT2D eigenvalue weighted by Crippen LogP contribution is 2.09. The zero-order chi connectivity index (χ0) is 16.8. The van der Waals surface area contributed by atoms with E-state index in [0.29, 0.717) is 5.56 Å². The lowest BCUT2D eigenvalue weighted by Crippen LogP contribution is -2.45. The number of guanidine groups is 1. The number of nitrogens with two attached hydrogens (primary N) is 1. The average molecular weight is 318 g/mol. The maximum atomic E-state index is 11.9. The van der Waals surface area contributed by atoms with Crippen LogP contribution in [0.1, 0.15) is 15.9 Å². The molecule has 23 heavy (non-hydrogen) atoms. The molecule has 1 aliphatic rings. The first-order valence-electron chi connectivity index (χ1n) is 7.40. The Kier molecular flexibility index (Phi) is 5.67. The zero-order valence-corrected chi connectivity index (χ0v) is 13.1. The van der Waals surface area contributed by atoms with E-state index in [4.69, 9.17) is 11.1 Å². The van der Waals surface area contributed by atoms with Crippen molar-refractivity contribution in [3.05, 3.63) is 35.4 Å². The highest BCUT2D eigenvalue weighted by Gasteiger charge is 2.14. The largest absolute Gasteiger partial charge is 0.351 e. The molecular formula is C15H22N6O2. The SMILES string of the molecule is CN1CCN(Cc2ccc(C(=O)NC(=N)NC(N)=O)cc2)CC1. The van der Waals surface area contributed by atoms with E-state index in [2.05, 4.69) is 22.2 Å². The van der Waals surface area contributed by atoms with Gasteiger partial charge in [0.1, 0.15) is 0 Å². The Balaban J connectivity index is 1.87. The number of urea groups is 1. The maximum Gasteiger partial charge on any atom is 0.318 e. The van der Waals surface area contributed by atoms with Crippen molar-refractivity contribution in [2.75, 3.05) is 33.2 Å². The smallest absolute Gasteiger partial charge is 0.318 e. The van der Waals surface area contributed by atoms with Crippen molar-refractivity contribution in [1.82, 2.24) is 20.4 Å². The van der Waals surface area contributed by atoms with E-state index in [-0.39, 0.29) is 0 Å². The minimum absolute atomic E-state index is 0.420. The summed E-state index contributed by atoms with van der Waals surface area (Å²) in [6.07, 6.45) is 0. The summed E-state index contributed by atoms with van der Waals surface area (Å²) in [5.41, 5.74) is 6.43. The molecule has 1 aromatic rings. The molecule has 0 radical (unpaired) electrons. The molecule has 1 aliphatic heterocycles. The lowest BCUT2D eigenvalue weighted by Gasteiger charge is -2.32. The van der Waals surface area contributed by atoms with E-state index >= 15 is 0 Å². The molecule has 0 atom stereocenters. The Morgan fingerprint density at radius 2 is 1.74 bits per heavy atom. The van der Waals surface area contributed by atoms with Gasteiger partial charge in [-0.3, -0.25) is 25.7 Å². The Hall–Kier alpha value is -2.45. The lowest BCUT2D eigenvalue weighted by molar-refractivity contribution is 0.0976. The molecule has 0 saturated carbocycles. The van der Waals surface area contributed by atoms with Crippen LogP contribution in [0.2, 0.25) is 0 Å². The first kappa shape index (κ1) is 16.9. The van der Waals surface area contributed by atoms with Gasteiger partial charge in [-0.2, -0.15) is 0 Å². The fourth-order valence-electron chi connectivity index (χ4n) is 2.37. The second kappa shape index (κ2) is 7.70. The number of amides is 3. The standard InChI is InChI=1S/C15H22N6O2/c1-20-6-8-21(9-7-20)10-11-2-4-12(5-3-11)13(22)18-14(16)19-15(17)23/h2-5H,6-10H2,1H3,(H5,16,17,18,19,22,23). The molecule has 8 heteroatoms. The van der Waals surface area contributed by atoms with Crippen molar-refractivity contribution in [3.63, 3.8) is 0 Å². The molecule has 1 aromatic carbocycles. The monoisotopic (exact) mass is 318 g/mol. The number of primary amides is 1. The van der Waals surface area contributed by atoms with Gasteiger partial charge in [0.05, 0.1) is 0 Å². The summed E-state index contributed by atoms with van der Waals surface area (Å²) in [6.45, 7) is 5.06. The molecule has 2 rings (SSSR count). The maximum absolute atomic E-state index is 11.9. The molecule has 0 spiro atoms. The van der Waals surface area contributed by atoms with Crippen LogP contribution < -0.4 is 16.4 Å². The highest BCUT2D eigenvalue weighted by molar-refractivity contribution is 6.08. The summed E-state index contributed by atoms with van der Waals surface area (Å²) in [6, 6.07) is 6.32. The summed E-state index contributed by atoms with van der Waals surface area (Å²) >= 11 is 0. The van der Waals surface area contributed by atoms with E-state index < -0.39 is 17.9 Å². The second-order valence-corrected chi connectivity index (χ2v) is 5.59. The minimum atomic E-state index is -0.891. The number of hydrogen-bond acceptors (Lipinski definition) is 5. The van der Waals surface area contributed by atoms with Gasteiger partial charge in [0.2, 0.25) is 5.96 Å². The number of nitrogens with zero attached hydrogens (tertiary/aromatic N) is 2. The van der Waals surface area contributed by atoms with E-state index in [0.717, 1.165) is 38.3 Å². The number of rotatable bonds is 3. The van der Waals surface area contributed by atoms with Crippen LogP contribution in [0.5, 0.6) is 0 Å². The summed E-state index contributed by atoms with van der Waals surface area (Å²) < 4.78 is 0. The Morgan fingerprint density at radius 1 is 1.13 bits per heavy atom. The Labute approximate surface area is 135 Å². The number of carbonyl (C=O) groups is 2. The summed E-state index contributed by atoms with van der Waals surface area (Å²) in [5, 5.41) is 11.6. The van der Waals surface area contributed by atoms with E-state index in [1.807, 2.05) is 17.4 Å². The van der Waals surface area contributed by atoms with Gasteiger partial charge in [-0.25, -0.2) is 4.79 Å². The van der Waals surface area contributed by atoms with E-state index in [1.165, 1.54) is 0 Å². The van der Waals surface area contributed by atoms with Crippen LogP contribution in [0.3, 0.4) is 0 Å². The normalized spacial score (nSPS) is 15.9.